The molecule has 0 saturated carbocycles. The molecule has 4 heteroatoms. The first-order chi connectivity index (χ1) is 9.77. The normalized spacial score (nSPS) is 9.86. The van der Waals surface area contributed by atoms with Crippen LogP contribution in [0.15, 0.2) is 0 Å². The van der Waals surface area contributed by atoms with Gasteiger partial charge in [-0.25, -0.2) is 0 Å². The van der Waals surface area contributed by atoms with Gasteiger partial charge < -0.3 is 9.39 Å². The largest absolute Gasteiger partial charge is 2.00 e. The summed E-state index contributed by atoms with van der Waals surface area (Å²) in [5.74, 6) is -0.653. The molecule has 0 heterocycles. The van der Waals surface area contributed by atoms with E-state index in [1.807, 2.05) is 0 Å². The first-order valence-corrected chi connectivity index (χ1v) is 8.99. The van der Waals surface area contributed by atoms with E-state index in [-0.39, 0.29) is 71.6 Å². The first-order valence-electron chi connectivity index (χ1n) is 8.99. The smallest absolute Gasteiger partial charge is 1.00 e. The van der Waals surface area contributed by atoms with E-state index in [4.69, 9.17) is 5.11 Å². The molecule has 2 nitrogen and oxygen atoms in total. The summed E-state index contributed by atoms with van der Waals surface area (Å²) in [5, 5.41) is 8.52. The summed E-state index contributed by atoms with van der Waals surface area (Å²) in [5.41, 5.74) is 0. The van der Waals surface area contributed by atoms with E-state index in [2.05, 4.69) is 6.92 Å². The van der Waals surface area contributed by atoms with E-state index in [9.17, 15) is 4.79 Å². The monoisotopic (exact) mass is 350 g/mol. The summed E-state index contributed by atoms with van der Waals surface area (Å²) in [6.45, 7) is 2.27. The Kier molecular flexibility index (Phi) is 32.4. The van der Waals surface area contributed by atoms with E-state index in [0.29, 0.717) is 6.42 Å². The Morgan fingerprint density at radius 3 is 1.23 bits per heavy atom. The summed E-state index contributed by atoms with van der Waals surface area (Å²) < 4.78 is 0. The Balaban J connectivity index is -0.000000180. The molecule has 1 N–H and O–H groups in total. The quantitative estimate of drug-likeness (QED) is 0.343. The molecule has 0 rings (SSSR count). The molecular formula is C18H39CaNaO2. The molecule has 0 amide bonds. The van der Waals surface area contributed by atoms with Gasteiger partial charge in [-0.1, -0.05) is 96.8 Å². The van der Waals surface area contributed by atoms with Gasteiger partial charge >= 0.3 is 73.3 Å². The van der Waals surface area contributed by atoms with Crippen LogP contribution in [0.25, 0.3) is 0 Å². The number of unbranched alkanes of at least 4 members (excludes halogenated alkanes) is 14. The van der Waals surface area contributed by atoms with Gasteiger partial charge in [0.15, 0.2) is 0 Å². The average molecular weight is 351 g/mol. The van der Waals surface area contributed by atoms with Crippen molar-refractivity contribution in [2.75, 3.05) is 0 Å². The Morgan fingerprint density at radius 1 is 0.682 bits per heavy atom. The number of aliphatic carboxylic acids is 1. The third kappa shape index (κ3) is 26.6. The van der Waals surface area contributed by atoms with E-state index >= 15 is 0 Å². The standard InChI is InChI=1S/C18H36O2.Ca.Na.3H/c1-2-3-4-5-6-7-8-9-10-11-12-13-14-15-16-17-18(19)20;;;;;/h2-17H2,1H3,(H,19,20);;;;;/q;+2;+1;3*-1. The number of carboxylic acids is 1. The zero-order valence-corrected chi connectivity index (χ0v) is 19.6. The van der Waals surface area contributed by atoms with Gasteiger partial charge in [-0.2, -0.15) is 0 Å². The van der Waals surface area contributed by atoms with Crippen LogP contribution in [0.2, 0.25) is 0 Å². The SMILES string of the molecule is CCCCCCCCCCCCCCCCCC(=O)O.[Ca+2].[H-].[H-].[H-].[Na+]. The zero-order chi connectivity index (χ0) is 14.9. The molecule has 22 heavy (non-hydrogen) atoms. The summed E-state index contributed by atoms with van der Waals surface area (Å²) >= 11 is 0. The van der Waals surface area contributed by atoms with Crippen LogP contribution in [0.1, 0.15) is 114 Å². The van der Waals surface area contributed by atoms with E-state index in [0.717, 1.165) is 12.8 Å². The fourth-order valence-corrected chi connectivity index (χ4v) is 2.65. The van der Waals surface area contributed by atoms with Crippen molar-refractivity contribution in [1.82, 2.24) is 0 Å². The number of carboxylic acid groups (broad SMARTS) is 1. The molecule has 126 valence electrons. The fraction of sp³-hybridized carbons (Fsp3) is 0.944. The molecule has 0 spiro atoms. The van der Waals surface area contributed by atoms with Crippen molar-refractivity contribution in [3.63, 3.8) is 0 Å². The van der Waals surface area contributed by atoms with Crippen LogP contribution < -0.4 is 29.6 Å². The fourth-order valence-electron chi connectivity index (χ4n) is 2.65. The molecule has 0 aliphatic carbocycles. The van der Waals surface area contributed by atoms with Gasteiger partial charge in [-0.15, -0.1) is 0 Å². The third-order valence-corrected chi connectivity index (χ3v) is 3.99. The number of hydrogen-bond acceptors (Lipinski definition) is 1. The molecule has 0 aliphatic heterocycles. The molecule has 0 atom stereocenters. The molecule has 0 saturated heterocycles. The molecule has 0 unspecified atom stereocenters. The molecule has 0 aromatic rings. The van der Waals surface area contributed by atoms with Gasteiger partial charge in [0.05, 0.1) is 0 Å². The van der Waals surface area contributed by atoms with Crippen molar-refractivity contribution in [2.24, 2.45) is 0 Å². The van der Waals surface area contributed by atoms with E-state index < -0.39 is 5.97 Å². The van der Waals surface area contributed by atoms with Crippen molar-refractivity contribution in [1.29, 1.82) is 0 Å². The van der Waals surface area contributed by atoms with Gasteiger partial charge in [0.1, 0.15) is 0 Å². The van der Waals surface area contributed by atoms with Gasteiger partial charge in [-0.05, 0) is 6.42 Å². The van der Waals surface area contributed by atoms with Gasteiger partial charge in [0.25, 0.3) is 0 Å². The molecular weight excluding hydrogens is 311 g/mol. The predicted molar refractivity (Wildman–Crippen MR) is 96.3 cm³/mol. The van der Waals surface area contributed by atoms with Crippen LogP contribution in [0.5, 0.6) is 0 Å². The minimum atomic E-state index is -0.653. The second-order valence-electron chi connectivity index (χ2n) is 6.09. The second-order valence-corrected chi connectivity index (χ2v) is 6.09. The molecule has 0 aromatic heterocycles. The number of hydrogen-bond donors (Lipinski definition) is 1. The van der Waals surface area contributed by atoms with Crippen LogP contribution in [0, 0.1) is 0 Å². The molecule has 0 aromatic carbocycles. The van der Waals surface area contributed by atoms with Gasteiger partial charge in [-0.3, -0.25) is 4.79 Å². The van der Waals surface area contributed by atoms with Crippen molar-refractivity contribution in [3.05, 3.63) is 0 Å². The number of rotatable bonds is 16. The average Bonchev–Trinajstić information content (AvgIpc) is 2.43. The Labute approximate surface area is 195 Å². The minimum absolute atomic E-state index is 0. The Bertz CT molecular complexity index is 226. The van der Waals surface area contributed by atoms with Crippen molar-refractivity contribution < 1.29 is 43.7 Å². The van der Waals surface area contributed by atoms with E-state index in [1.54, 1.807) is 0 Å². The van der Waals surface area contributed by atoms with Crippen molar-refractivity contribution >= 4 is 43.7 Å². The summed E-state index contributed by atoms with van der Waals surface area (Å²) in [4.78, 5) is 10.3. The first kappa shape index (κ1) is 28.5. The van der Waals surface area contributed by atoms with Gasteiger partial charge in [0, 0.05) is 6.42 Å². The number of carbonyl (C=O) groups is 1. The molecule has 0 radical (unpaired) electrons. The van der Waals surface area contributed by atoms with Crippen molar-refractivity contribution in [3.8, 4) is 0 Å². The minimum Gasteiger partial charge on any atom is -1.00 e. The van der Waals surface area contributed by atoms with E-state index in [1.165, 1.54) is 83.5 Å². The maximum atomic E-state index is 10.3. The van der Waals surface area contributed by atoms with Crippen LogP contribution in [-0.2, 0) is 4.79 Å². The zero-order valence-electron chi connectivity index (χ0n) is 18.4. The third-order valence-electron chi connectivity index (χ3n) is 3.99. The predicted octanol–water partition coefficient (Wildman–Crippen LogP) is 3.29. The Morgan fingerprint density at radius 2 is 0.955 bits per heavy atom. The Hall–Kier alpha value is 1.73. The second kappa shape index (κ2) is 25.0. The van der Waals surface area contributed by atoms with Crippen LogP contribution >= 0.6 is 0 Å². The maximum absolute atomic E-state index is 10.3. The van der Waals surface area contributed by atoms with Crippen LogP contribution in [0.3, 0.4) is 0 Å². The van der Waals surface area contributed by atoms with Crippen LogP contribution in [-0.4, -0.2) is 48.8 Å². The summed E-state index contributed by atoms with van der Waals surface area (Å²) in [6.07, 6.45) is 20.2. The van der Waals surface area contributed by atoms with Crippen molar-refractivity contribution in [2.45, 2.75) is 110 Å². The summed E-state index contributed by atoms with van der Waals surface area (Å²) in [7, 11) is 0. The topological polar surface area (TPSA) is 37.3 Å². The maximum Gasteiger partial charge on any atom is 2.00 e. The molecule has 0 bridgehead atoms. The van der Waals surface area contributed by atoms with Gasteiger partial charge in [0.2, 0.25) is 0 Å². The molecule has 0 aliphatic rings. The van der Waals surface area contributed by atoms with Crippen LogP contribution in [0.4, 0.5) is 0 Å². The molecule has 0 fully saturated rings. The summed E-state index contributed by atoms with van der Waals surface area (Å²) in [6, 6.07) is 0.